The van der Waals surface area contributed by atoms with Crippen molar-refractivity contribution in [3.63, 3.8) is 0 Å². The van der Waals surface area contributed by atoms with Gasteiger partial charge < -0.3 is 0 Å². The molecule has 2 aliphatic rings. The summed E-state index contributed by atoms with van der Waals surface area (Å²) in [6.07, 6.45) is 8.63. The van der Waals surface area contributed by atoms with Gasteiger partial charge in [-0.1, -0.05) is 19.1 Å². The molecule has 82 valence electrons. The summed E-state index contributed by atoms with van der Waals surface area (Å²) in [5.41, 5.74) is 2.24. The van der Waals surface area contributed by atoms with Gasteiger partial charge in [0.25, 0.3) is 0 Å². The normalized spacial score (nSPS) is 32.3. The van der Waals surface area contributed by atoms with Crippen molar-refractivity contribution >= 4 is 5.71 Å². The average Bonchev–Trinajstić information content (AvgIpc) is 2.70. The SMILES string of the molecule is CC1CC2C=CN=C(c3ccccn3)C2C1. The summed E-state index contributed by atoms with van der Waals surface area (Å²) < 4.78 is 0. The standard InChI is InChI=1S/C14H16N2/c1-10-8-11-5-7-16-14(12(11)9-10)13-4-2-3-6-15-13/h2-7,10-12H,8-9H2,1H3. The van der Waals surface area contributed by atoms with Crippen LogP contribution in [-0.4, -0.2) is 10.7 Å². The molecule has 0 spiro atoms. The third-order valence-electron chi connectivity index (χ3n) is 3.67. The van der Waals surface area contributed by atoms with E-state index in [1.807, 2.05) is 24.5 Å². The molecule has 16 heavy (non-hydrogen) atoms. The quantitative estimate of drug-likeness (QED) is 0.702. The zero-order valence-electron chi connectivity index (χ0n) is 9.50. The molecule has 1 aliphatic heterocycles. The van der Waals surface area contributed by atoms with Crippen LogP contribution >= 0.6 is 0 Å². The highest BCUT2D eigenvalue weighted by atomic mass is 14.8. The molecule has 0 radical (unpaired) electrons. The maximum absolute atomic E-state index is 4.55. The van der Waals surface area contributed by atoms with E-state index in [1.165, 1.54) is 18.6 Å². The van der Waals surface area contributed by atoms with E-state index < -0.39 is 0 Å². The Balaban J connectivity index is 1.96. The minimum atomic E-state index is 0.592. The van der Waals surface area contributed by atoms with Gasteiger partial charge in [0.15, 0.2) is 0 Å². The van der Waals surface area contributed by atoms with Crippen LogP contribution in [0.15, 0.2) is 41.7 Å². The Morgan fingerprint density at radius 3 is 3.00 bits per heavy atom. The maximum atomic E-state index is 4.55. The van der Waals surface area contributed by atoms with E-state index in [-0.39, 0.29) is 0 Å². The predicted molar refractivity (Wildman–Crippen MR) is 65.3 cm³/mol. The van der Waals surface area contributed by atoms with Crippen molar-refractivity contribution in [3.05, 3.63) is 42.4 Å². The number of rotatable bonds is 1. The Kier molecular flexibility index (Phi) is 2.35. The molecule has 2 heteroatoms. The molecule has 1 aliphatic carbocycles. The Morgan fingerprint density at radius 1 is 1.25 bits per heavy atom. The van der Waals surface area contributed by atoms with E-state index in [0.29, 0.717) is 11.8 Å². The molecule has 0 bridgehead atoms. The Labute approximate surface area is 96.1 Å². The second-order valence-corrected chi connectivity index (χ2v) is 4.92. The smallest absolute Gasteiger partial charge is 0.0847 e. The Bertz CT molecular complexity index is 433. The first-order chi connectivity index (χ1) is 7.84. The summed E-state index contributed by atoms with van der Waals surface area (Å²) >= 11 is 0. The third-order valence-corrected chi connectivity index (χ3v) is 3.67. The van der Waals surface area contributed by atoms with Gasteiger partial charge in [0, 0.05) is 18.3 Å². The van der Waals surface area contributed by atoms with Crippen molar-refractivity contribution in [2.75, 3.05) is 0 Å². The lowest BCUT2D eigenvalue weighted by atomic mass is 9.88. The van der Waals surface area contributed by atoms with Gasteiger partial charge in [-0.25, -0.2) is 0 Å². The molecule has 1 saturated carbocycles. The zero-order valence-corrected chi connectivity index (χ0v) is 9.50. The molecular weight excluding hydrogens is 196 g/mol. The minimum absolute atomic E-state index is 0.592. The molecule has 2 nitrogen and oxygen atoms in total. The highest BCUT2D eigenvalue weighted by molar-refractivity contribution is 6.02. The van der Waals surface area contributed by atoms with Crippen molar-refractivity contribution in [2.45, 2.75) is 19.8 Å². The maximum Gasteiger partial charge on any atom is 0.0847 e. The summed E-state index contributed by atoms with van der Waals surface area (Å²) in [4.78, 5) is 8.97. The van der Waals surface area contributed by atoms with Gasteiger partial charge in [0.1, 0.15) is 0 Å². The van der Waals surface area contributed by atoms with Crippen LogP contribution in [0, 0.1) is 17.8 Å². The zero-order chi connectivity index (χ0) is 11.0. The van der Waals surface area contributed by atoms with Crippen molar-refractivity contribution in [3.8, 4) is 0 Å². The number of pyridine rings is 1. The van der Waals surface area contributed by atoms with Crippen LogP contribution in [0.3, 0.4) is 0 Å². The van der Waals surface area contributed by atoms with E-state index >= 15 is 0 Å². The number of aliphatic imine (C=N–C) groups is 1. The van der Waals surface area contributed by atoms with Gasteiger partial charge in [-0.15, -0.1) is 0 Å². The molecule has 0 aromatic carbocycles. The van der Waals surface area contributed by atoms with Gasteiger partial charge >= 0.3 is 0 Å². The van der Waals surface area contributed by atoms with Crippen LogP contribution < -0.4 is 0 Å². The summed E-state index contributed by atoms with van der Waals surface area (Å²) in [6, 6.07) is 6.06. The number of hydrogen-bond donors (Lipinski definition) is 0. The Morgan fingerprint density at radius 2 is 2.19 bits per heavy atom. The lowest BCUT2D eigenvalue weighted by molar-refractivity contribution is 0.575. The largest absolute Gasteiger partial charge is 0.259 e. The molecule has 1 aromatic rings. The summed E-state index contributed by atoms with van der Waals surface area (Å²) in [6.45, 7) is 2.34. The van der Waals surface area contributed by atoms with E-state index in [4.69, 9.17) is 0 Å². The number of hydrogen-bond acceptors (Lipinski definition) is 2. The van der Waals surface area contributed by atoms with E-state index in [1.54, 1.807) is 0 Å². The van der Waals surface area contributed by atoms with Crippen molar-refractivity contribution in [1.29, 1.82) is 0 Å². The monoisotopic (exact) mass is 212 g/mol. The fourth-order valence-corrected chi connectivity index (χ4v) is 2.96. The number of nitrogens with zero attached hydrogens (tertiary/aromatic N) is 2. The predicted octanol–water partition coefficient (Wildman–Crippen LogP) is 3.06. The molecule has 1 aromatic heterocycles. The summed E-state index contributed by atoms with van der Waals surface area (Å²) in [5.74, 6) is 2.09. The lowest BCUT2D eigenvalue weighted by Crippen LogP contribution is -2.22. The third kappa shape index (κ3) is 1.58. The highest BCUT2D eigenvalue weighted by Crippen LogP contribution is 2.40. The van der Waals surface area contributed by atoms with Gasteiger partial charge in [-0.3, -0.25) is 9.98 Å². The van der Waals surface area contributed by atoms with Crippen molar-refractivity contribution in [2.24, 2.45) is 22.7 Å². The first-order valence-electron chi connectivity index (χ1n) is 6.00. The van der Waals surface area contributed by atoms with E-state index in [2.05, 4.69) is 29.0 Å². The first kappa shape index (κ1) is 9.76. The fraction of sp³-hybridized carbons (Fsp3) is 0.429. The summed E-state index contributed by atoms with van der Waals surface area (Å²) in [7, 11) is 0. The fourth-order valence-electron chi connectivity index (χ4n) is 2.96. The van der Waals surface area contributed by atoms with Gasteiger partial charge in [0.05, 0.1) is 11.4 Å². The molecule has 0 amide bonds. The topological polar surface area (TPSA) is 25.2 Å². The molecule has 3 atom stereocenters. The molecule has 2 heterocycles. The van der Waals surface area contributed by atoms with Gasteiger partial charge in [-0.2, -0.15) is 0 Å². The van der Waals surface area contributed by atoms with Crippen LogP contribution in [-0.2, 0) is 0 Å². The highest BCUT2D eigenvalue weighted by Gasteiger charge is 2.35. The van der Waals surface area contributed by atoms with Crippen LogP contribution in [0.2, 0.25) is 0 Å². The number of allylic oxidation sites excluding steroid dienone is 1. The molecule has 0 saturated heterocycles. The Hall–Kier alpha value is -1.44. The minimum Gasteiger partial charge on any atom is -0.259 e. The first-order valence-corrected chi connectivity index (χ1v) is 6.00. The van der Waals surface area contributed by atoms with Gasteiger partial charge in [-0.05, 0) is 36.8 Å². The second-order valence-electron chi connectivity index (χ2n) is 4.92. The lowest BCUT2D eigenvalue weighted by Gasteiger charge is -2.21. The van der Waals surface area contributed by atoms with Crippen LogP contribution in [0.5, 0.6) is 0 Å². The molecule has 1 fully saturated rings. The average molecular weight is 212 g/mol. The van der Waals surface area contributed by atoms with Crippen molar-refractivity contribution in [1.82, 2.24) is 4.98 Å². The van der Waals surface area contributed by atoms with Crippen molar-refractivity contribution < 1.29 is 0 Å². The van der Waals surface area contributed by atoms with Crippen LogP contribution in [0.4, 0.5) is 0 Å². The van der Waals surface area contributed by atoms with E-state index in [0.717, 1.165) is 11.6 Å². The molecule has 0 N–H and O–H groups in total. The molecule has 3 unspecified atom stereocenters. The summed E-state index contributed by atoms with van der Waals surface area (Å²) in [5, 5.41) is 0. The number of fused-ring (bicyclic) bond motifs is 1. The second kappa shape index (κ2) is 3.85. The molecular formula is C14H16N2. The van der Waals surface area contributed by atoms with Gasteiger partial charge in [0.2, 0.25) is 0 Å². The van der Waals surface area contributed by atoms with Crippen LogP contribution in [0.25, 0.3) is 0 Å². The van der Waals surface area contributed by atoms with E-state index in [9.17, 15) is 0 Å². The number of aromatic nitrogens is 1. The van der Waals surface area contributed by atoms with Crippen LogP contribution in [0.1, 0.15) is 25.5 Å². The molecule has 3 rings (SSSR count).